The SMILES string of the molecule is [2H][C@@]1(C(=O)NC(CC(C)C)C(=O)NCC(N)=O)CCCN1C(=O)[C@@H]1CSCCCC(=O)N[C@@H](Cc2ccc(OC)cc2)C(=O)N[C@@H](C(C)CC)C(=O)N[C@@H](CCC(N)=O)C(=O)N[C@@H](CC(N)=O)C(=O)N1. The van der Waals surface area contributed by atoms with Gasteiger partial charge in [-0.2, -0.15) is 11.8 Å². The first-order valence-electron chi connectivity index (χ1n) is 23.5. The van der Waals surface area contributed by atoms with Crippen LogP contribution in [0.15, 0.2) is 24.3 Å². The van der Waals surface area contributed by atoms with E-state index in [4.69, 9.17) is 21.9 Å². The zero-order valence-electron chi connectivity index (χ0n) is 40.8. The third-order valence-electron chi connectivity index (χ3n) is 11.4. The fourth-order valence-corrected chi connectivity index (χ4v) is 8.47. The number of nitrogens with zero attached hydrogens (tertiary/aromatic N) is 1. The minimum absolute atomic E-state index is 0.00638. The zero-order chi connectivity index (χ0) is 52.3. The summed E-state index contributed by atoms with van der Waals surface area (Å²) in [4.78, 5) is 148. The van der Waals surface area contributed by atoms with E-state index < -0.39 is 133 Å². The number of thioether (sulfide) groups is 1. The van der Waals surface area contributed by atoms with Crippen molar-refractivity contribution in [1.29, 1.82) is 0 Å². The first-order valence-corrected chi connectivity index (χ1v) is 24.1. The number of methoxy groups -OCH3 is 1. The predicted octanol–water partition coefficient (Wildman–Crippen LogP) is -2.50. The second kappa shape index (κ2) is 28.1. The smallest absolute Gasteiger partial charge is 0.246 e. The topological polar surface area (TPSA) is 363 Å². The van der Waals surface area contributed by atoms with E-state index in [0.29, 0.717) is 17.7 Å². The van der Waals surface area contributed by atoms with Crippen LogP contribution in [0, 0.1) is 11.8 Å². The van der Waals surface area contributed by atoms with Gasteiger partial charge in [0.25, 0.3) is 0 Å². The van der Waals surface area contributed by atoms with Crippen LogP contribution >= 0.6 is 11.8 Å². The molecule has 2 heterocycles. The average Bonchev–Trinajstić information content (AvgIpc) is 3.71. The second-order valence-corrected chi connectivity index (χ2v) is 18.6. The number of nitrogens with one attached hydrogen (secondary N) is 7. The molecule has 3 rings (SSSR count). The van der Waals surface area contributed by atoms with Crippen LogP contribution < -0.4 is 59.2 Å². The van der Waals surface area contributed by atoms with Crippen LogP contribution in [-0.2, 0) is 59.2 Å². The van der Waals surface area contributed by atoms with Crippen LogP contribution in [0.4, 0.5) is 0 Å². The Morgan fingerprint density at radius 3 is 2.10 bits per heavy atom. The molecule has 0 radical (unpaired) electrons. The molecule has 2 fully saturated rings. The number of carbonyl (C=O) groups is 11. The van der Waals surface area contributed by atoms with Gasteiger partial charge >= 0.3 is 0 Å². The first-order chi connectivity index (χ1) is 33.0. The molecule has 2 aliphatic heterocycles. The summed E-state index contributed by atoms with van der Waals surface area (Å²) in [6.07, 6.45) is -1.04. The maximum atomic E-state index is 14.6. The maximum absolute atomic E-state index is 14.6. The Bertz CT molecular complexity index is 2080. The highest BCUT2D eigenvalue weighted by atomic mass is 32.2. The molecule has 2 unspecified atom stereocenters. The molecule has 24 heteroatoms. The fraction of sp³-hybridized carbons (Fsp3) is 0.622. The van der Waals surface area contributed by atoms with Gasteiger partial charge in [0.15, 0.2) is 0 Å². The average molecular weight is 989 g/mol. The van der Waals surface area contributed by atoms with Gasteiger partial charge in [-0.1, -0.05) is 46.2 Å². The van der Waals surface area contributed by atoms with Gasteiger partial charge in [-0.3, -0.25) is 52.7 Å². The van der Waals surface area contributed by atoms with Gasteiger partial charge in [-0.15, -0.1) is 0 Å². The van der Waals surface area contributed by atoms with E-state index in [0.717, 1.165) is 16.7 Å². The number of benzene rings is 1. The lowest BCUT2D eigenvalue weighted by molar-refractivity contribution is -0.142. The molecule has 2 saturated heterocycles. The molecule has 8 atom stereocenters. The van der Waals surface area contributed by atoms with Crippen molar-refractivity contribution >= 4 is 76.7 Å². The van der Waals surface area contributed by atoms with Gasteiger partial charge in [0.05, 0.1) is 21.4 Å². The van der Waals surface area contributed by atoms with Gasteiger partial charge in [0, 0.05) is 31.6 Å². The molecule has 0 spiro atoms. The number of amides is 11. The summed E-state index contributed by atoms with van der Waals surface area (Å²) in [7, 11) is 1.49. The Morgan fingerprint density at radius 2 is 1.49 bits per heavy atom. The third kappa shape index (κ3) is 18.9. The third-order valence-corrected chi connectivity index (χ3v) is 12.5. The molecule has 1 aromatic carbocycles. The van der Waals surface area contributed by atoms with Crippen molar-refractivity contribution in [3.63, 3.8) is 0 Å². The number of hydrogen-bond donors (Lipinski definition) is 10. The van der Waals surface area contributed by atoms with Crippen molar-refractivity contribution in [2.45, 2.75) is 134 Å². The number of rotatable bonds is 18. The van der Waals surface area contributed by atoms with Crippen molar-refractivity contribution in [3.8, 4) is 5.75 Å². The lowest BCUT2D eigenvalue weighted by Gasteiger charge is -2.31. The van der Waals surface area contributed by atoms with Crippen LogP contribution in [-0.4, -0.2) is 144 Å². The minimum Gasteiger partial charge on any atom is -0.497 e. The highest BCUT2D eigenvalue weighted by molar-refractivity contribution is 7.99. The number of hydrogen-bond acceptors (Lipinski definition) is 13. The maximum Gasteiger partial charge on any atom is 0.246 e. The van der Waals surface area contributed by atoms with Crippen molar-refractivity contribution in [2.24, 2.45) is 29.0 Å². The number of likely N-dealkylation sites (tertiary alicyclic amines) is 1. The highest BCUT2D eigenvalue weighted by Crippen LogP contribution is 2.22. The zero-order valence-corrected chi connectivity index (χ0v) is 40.6. The van der Waals surface area contributed by atoms with E-state index >= 15 is 0 Å². The van der Waals surface area contributed by atoms with Crippen molar-refractivity contribution in [2.75, 3.05) is 31.7 Å². The molecule has 382 valence electrons. The number of nitrogens with two attached hydrogens (primary N) is 3. The van der Waals surface area contributed by atoms with Crippen LogP contribution in [0.5, 0.6) is 5.75 Å². The lowest BCUT2D eigenvalue weighted by Crippen LogP contribution is -2.61. The Labute approximate surface area is 407 Å². The molecule has 13 N–H and O–H groups in total. The van der Waals surface area contributed by atoms with Crippen LogP contribution in [0.3, 0.4) is 0 Å². The number of ether oxygens (including phenoxy) is 1. The summed E-state index contributed by atoms with van der Waals surface area (Å²) < 4.78 is 14.6. The molecule has 0 saturated carbocycles. The van der Waals surface area contributed by atoms with Crippen molar-refractivity contribution in [1.82, 2.24) is 42.1 Å². The van der Waals surface area contributed by atoms with Crippen LogP contribution in [0.25, 0.3) is 0 Å². The quantitative estimate of drug-likeness (QED) is 0.0728. The first kappa shape index (κ1) is 55.1. The highest BCUT2D eigenvalue weighted by Gasteiger charge is 2.40. The van der Waals surface area contributed by atoms with E-state index in [-0.39, 0.29) is 68.9 Å². The summed E-state index contributed by atoms with van der Waals surface area (Å²) in [6, 6.07) is -4.06. The Hall–Kier alpha value is -6.46. The van der Waals surface area contributed by atoms with E-state index in [1.165, 1.54) is 7.11 Å². The Kier molecular flexibility index (Phi) is 22.5. The minimum atomic E-state index is -2.29. The van der Waals surface area contributed by atoms with Gasteiger partial charge in [-0.05, 0) is 67.4 Å². The second-order valence-electron chi connectivity index (χ2n) is 17.5. The number of primary amides is 3. The monoisotopic (exact) mass is 988 g/mol. The summed E-state index contributed by atoms with van der Waals surface area (Å²) in [6.45, 7) is 6.38. The Balaban J connectivity index is 2.05. The van der Waals surface area contributed by atoms with Crippen molar-refractivity contribution < 1.29 is 58.8 Å². The summed E-state index contributed by atoms with van der Waals surface area (Å²) in [5, 5.41) is 17.9. The largest absolute Gasteiger partial charge is 0.497 e. The van der Waals surface area contributed by atoms with Crippen LogP contribution in [0.2, 0.25) is 0 Å². The molecule has 0 bridgehead atoms. The van der Waals surface area contributed by atoms with E-state index in [2.05, 4.69) is 37.2 Å². The van der Waals surface area contributed by atoms with E-state index in [9.17, 15) is 54.1 Å². The lowest BCUT2D eigenvalue weighted by atomic mass is 9.96. The molecule has 0 aliphatic carbocycles. The standard InChI is InChI=1S/C45H69N11O12S/c1-6-25(4)38-44(66)51-28(15-16-34(46)57)40(62)52-31(21-35(47)58)41(63)54-32(23-69-18-8-10-37(60)50-30(42(64)55-38)20-26-11-13-27(68-5)14-12-26)45(67)56-17-7-9-33(56)43(65)53-29(19-24(2)3)39(61)49-22-36(48)59/h11-14,24-25,28-33,38H,6-10,15-23H2,1-5H3,(H2,46,57)(H2,47,58)(H2,48,59)(H,49,61)(H,50,60)(H,51,66)(H,52,62)(H,53,65)(H,54,63)(H,55,64)/t25?,28-,29?,30-,31-,32-,33-,38-/m0/s1/i33D. The van der Waals surface area contributed by atoms with Gasteiger partial charge < -0.3 is 64.1 Å². The normalized spacial score (nSPS) is 24.4. The van der Waals surface area contributed by atoms with Gasteiger partial charge in [0.2, 0.25) is 65.0 Å². The fourth-order valence-electron chi connectivity index (χ4n) is 7.50. The summed E-state index contributed by atoms with van der Waals surface area (Å²) >= 11 is 1.12. The molecular formula is C45H69N11O12S. The molecule has 2 aliphatic rings. The number of carbonyl (C=O) groups excluding carboxylic acids is 11. The molecule has 11 amide bonds. The van der Waals surface area contributed by atoms with Gasteiger partial charge in [-0.25, -0.2) is 0 Å². The van der Waals surface area contributed by atoms with Crippen molar-refractivity contribution in [3.05, 3.63) is 29.8 Å². The molecular weight excluding hydrogens is 919 g/mol. The predicted molar refractivity (Wildman–Crippen MR) is 253 cm³/mol. The summed E-state index contributed by atoms with van der Waals surface area (Å²) in [5.41, 5.74) is 16.8. The van der Waals surface area contributed by atoms with E-state index in [1.807, 2.05) is 0 Å². The molecule has 0 aromatic heterocycles. The Morgan fingerprint density at radius 1 is 0.841 bits per heavy atom. The van der Waals surface area contributed by atoms with E-state index in [1.54, 1.807) is 52.0 Å². The van der Waals surface area contributed by atoms with Crippen LogP contribution in [0.1, 0.15) is 92.4 Å². The molecule has 1 aromatic rings. The van der Waals surface area contributed by atoms with Gasteiger partial charge in [0.1, 0.15) is 48.0 Å². The molecule has 69 heavy (non-hydrogen) atoms. The molecule has 23 nitrogen and oxygen atoms in total. The summed E-state index contributed by atoms with van der Waals surface area (Å²) in [5.74, 6) is -9.73.